The van der Waals surface area contributed by atoms with Crippen molar-refractivity contribution in [2.45, 2.75) is 28.6 Å². The molecule has 154 valence electrons. The van der Waals surface area contributed by atoms with Crippen LogP contribution < -0.4 is 5.32 Å². The summed E-state index contributed by atoms with van der Waals surface area (Å²) in [5.74, 6) is 0.845. The molecule has 1 fully saturated rings. The summed E-state index contributed by atoms with van der Waals surface area (Å²) in [6.45, 7) is 0.586. The van der Waals surface area contributed by atoms with Gasteiger partial charge in [-0.3, -0.25) is 9.97 Å². The van der Waals surface area contributed by atoms with E-state index >= 15 is 0 Å². The number of aromatic nitrogens is 2. The van der Waals surface area contributed by atoms with E-state index in [1.165, 1.54) is 0 Å². The number of hydrogen-bond donors (Lipinski definition) is 1. The van der Waals surface area contributed by atoms with Crippen LogP contribution in [0.1, 0.15) is 29.2 Å². The van der Waals surface area contributed by atoms with Crippen LogP contribution in [0.2, 0.25) is 0 Å². The lowest BCUT2D eigenvalue weighted by Crippen LogP contribution is -2.29. The highest BCUT2D eigenvalue weighted by Gasteiger charge is 2.41. The van der Waals surface area contributed by atoms with Gasteiger partial charge in [-0.25, -0.2) is 0 Å². The van der Waals surface area contributed by atoms with Crippen LogP contribution in [0, 0.1) is 0 Å². The third-order valence-corrected chi connectivity index (χ3v) is 6.39. The Hall–Kier alpha value is -3.16. The fraction of sp³-hybridized carbons (Fsp3) is 0.125. The number of nitrogens with zero attached hydrogens (tertiary/aromatic N) is 3. The molecule has 4 aromatic rings. The molecule has 0 radical (unpaired) electrons. The van der Waals surface area contributed by atoms with Crippen LogP contribution in [0.3, 0.4) is 0 Å². The minimum absolute atomic E-state index is 0.113. The first-order valence-electron chi connectivity index (χ1n) is 9.98. The third kappa shape index (κ3) is 4.33. The summed E-state index contributed by atoms with van der Waals surface area (Å²) in [5.41, 5.74) is 1.87. The number of rotatable bonds is 6. The Bertz CT molecular complexity index is 1150. The van der Waals surface area contributed by atoms with Crippen LogP contribution in [0.4, 0.5) is 0 Å². The van der Waals surface area contributed by atoms with E-state index in [2.05, 4.69) is 32.3 Å². The summed E-state index contributed by atoms with van der Waals surface area (Å²) in [7, 11) is 0. The second-order valence-electron chi connectivity index (χ2n) is 7.15. The van der Waals surface area contributed by atoms with Crippen molar-refractivity contribution >= 4 is 29.1 Å². The topological polar surface area (TPSA) is 54.2 Å². The Balaban J connectivity index is 1.48. The van der Waals surface area contributed by atoms with Crippen LogP contribution >= 0.6 is 24.0 Å². The lowest BCUT2D eigenvalue weighted by molar-refractivity contribution is 0.253. The average molecular weight is 445 g/mol. The first kappa shape index (κ1) is 19.8. The molecule has 1 saturated heterocycles. The smallest absolute Gasteiger partial charge is 0.170 e. The predicted octanol–water partition coefficient (Wildman–Crippen LogP) is 5.39. The van der Waals surface area contributed by atoms with E-state index in [1.54, 1.807) is 24.2 Å². The highest BCUT2D eigenvalue weighted by atomic mass is 32.2. The van der Waals surface area contributed by atoms with Crippen LogP contribution in [0.25, 0.3) is 0 Å². The normalized spacial score (nSPS) is 18.2. The van der Waals surface area contributed by atoms with Crippen molar-refractivity contribution < 1.29 is 4.42 Å². The number of nitrogens with one attached hydrogen (secondary N) is 1. The molecule has 1 aromatic carbocycles. The summed E-state index contributed by atoms with van der Waals surface area (Å²) in [6.07, 6.45) is 3.60. The molecule has 0 saturated carbocycles. The van der Waals surface area contributed by atoms with Crippen molar-refractivity contribution in [3.63, 3.8) is 0 Å². The van der Waals surface area contributed by atoms with Crippen LogP contribution in [-0.4, -0.2) is 20.0 Å². The Labute approximate surface area is 190 Å². The fourth-order valence-electron chi connectivity index (χ4n) is 3.70. The first-order chi connectivity index (χ1) is 15.3. The van der Waals surface area contributed by atoms with Crippen molar-refractivity contribution in [1.29, 1.82) is 0 Å². The molecule has 5 nitrogen and oxygen atoms in total. The van der Waals surface area contributed by atoms with Gasteiger partial charge in [0.1, 0.15) is 11.8 Å². The summed E-state index contributed by atoms with van der Waals surface area (Å²) >= 11 is 7.32. The van der Waals surface area contributed by atoms with E-state index in [9.17, 15) is 0 Å². The lowest BCUT2D eigenvalue weighted by Gasteiger charge is -2.25. The molecule has 0 amide bonds. The molecule has 3 aromatic heterocycles. The van der Waals surface area contributed by atoms with Crippen LogP contribution in [0.15, 0.2) is 106 Å². The van der Waals surface area contributed by atoms with E-state index in [4.69, 9.17) is 16.6 Å². The quantitative estimate of drug-likeness (QED) is 0.400. The number of thiocarbonyl (C=S) groups is 1. The molecular weight excluding hydrogens is 424 g/mol. The molecule has 0 bridgehead atoms. The minimum Gasteiger partial charge on any atom is -0.452 e. The summed E-state index contributed by atoms with van der Waals surface area (Å²) in [6, 6.07) is 25.8. The number of furan rings is 1. The SMILES string of the molecule is S=C1N[C@@H](c2ccccn2)[C@@H](c2ccc(Sc3ccccc3)o2)N1Cc1ccccn1. The Kier molecular flexibility index (Phi) is 5.69. The second-order valence-corrected chi connectivity index (χ2v) is 8.61. The lowest BCUT2D eigenvalue weighted by atomic mass is 10.0. The van der Waals surface area contributed by atoms with Gasteiger partial charge in [0.25, 0.3) is 0 Å². The third-order valence-electron chi connectivity index (χ3n) is 5.11. The zero-order chi connectivity index (χ0) is 21.0. The first-order valence-corrected chi connectivity index (χ1v) is 11.2. The Morgan fingerprint density at radius 2 is 1.68 bits per heavy atom. The van der Waals surface area contributed by atoms with Gasteiger partial charge in [-0.15, -0.1) is 0 Å². The van der Waals surface area contributed by atoms with Gasteiger partial charge in [-0.05, 0) is 60.7 Å². The summed E-state index contributed by atoms with van der Waals surface area (Å²) < 4.78 is 6.31. The molecule has 7 heteroatoms. The Morgan fingerprint density at radius 1 is 0.903 bits per heavy atom. The zero-order valence-electron chi connectivity index (χ0n) is 16.6. The van der Waals surface area contributed by atoms with Crippen molar-refractivity contribution in [2.75, 3.05) is 0 Å². The van der Waals surface area contributed by atoms with E-state index in [0.717, 1.165) is 27.1 Å². The maximum Gasteiger partial charge on any atom is 0.170 e. The van der Waals surface area contributed by atoms with Crippen molar-refractivity contribution in [1.82, 2.24) is 20.2 Å². The molecule has 0 aliphatic carbocycles. The van der Waals surface area contributed by atoms with Gasteiger partial charge in [0.2, 0.25) is 0 Å². The van der Waals surface area contributed by atoms with Gasteiger partial charge in [-0.1, -0.05) is 42.1 Å². The predicted molar refractivity (Wildman–Crippen MR) is 125 cm³/mol. The molecule has 1 N–H and O–H groups in total. The molecule has 31 heavy (non-hydrogen) atoms. The maximum atomic E-state index is 6.31. The van der Waals surface area contributed by atoms with Gasteiger partial charge in [0, 0.05) is 17.3 Å². The number of pyridine rings is 2. The average Bonchev–Trinajstić information content (AvgIpc) is 3.40. The number of hydrogen-bond acceptors (Lipinski definition) is 5. The number of benzene rings is 1. The summed E-state index contributed by atoms with van der Waals surface area (Å²) in [5, 5.41) is 4.96. The van der Waals surface area contributed by atoms with Gasteiger partial charge in [-0.2, -0.15) is 0 Å². The van der Waals surface area contributed by atoms with Crippen LogP contribution in [-0.2, 0) is 6.54 Å². The van der Waals surface area contributed by atoms with Gasteiger partial charge in [0.05, 0.1) is 24.0 Å². The molecule has 5 rings (SSSR count). The van der Waals surface area contributed by atoms with Crippen molar-refractivity contribution in [3.05, 3.63) is 108 Å². The second kappa shape index (κ2) is 8.91. The molecule has 4 heterocycles. The van der Waals surface area contributed by atoms with E-state index in [-0.39, 0.29) is 12.1 Å². The largest absolute Gasteiger partial charge is 0.452 e. The van der Waals surface area contributed by atoms with Gasteiger partial charge >= 0.3 is 0 Å². The fourth-order valence-corrected chi connectivity index (χ4v) is 4.81. The zero-order valence-corrected chi connectivity index (χ0v) is 18.2. The maximum absolute atomic E-state index is 6.31. The van der Waals surface area contributed by atoms with Gasteiger partial charge < -0.3 is 14.6 Å². The summed E-state index contributed by atoms with van der Waals surface area (Å²) in [4.78, 5) is 12.3. The highest BCUT2D eigenvalue weighted by molar-refractivity contribution is 7.99. The van der Waals surface area contributed by atoms with Crippen molar-refractivity contribution in [2.24, 2.45) is 0 Å². The van der Waals surface area contributed by atoms with Crippen LogP contribution in [0.5, 0.6) is 0 Å². The standard InChI is InChI=1S/C24H20N4OS2/c30-24-27-22(19-11-5-7-15-26-19)23(28(24)16-17-8-4-6-14-25-17)20-12-13-21(29-20)31-18-9-2-1-3-10-18/h1-15,22-23H,16H2,(H,27,30)/t22-,23+/m0/s1. The molecule has 0 spiro atoms. The molecule has 2 atom stereocenters. The molecule has 0 unspecified atom stereocenters. The molecular formula is C24H20N4OS2. The van der Waals surface area contributed by atoms with Crippen molar-refractivity contribution in [3.8, 4) is 0 Å². The minimum atomic E-state index is -0.130. The highest BCUT2D eigenvalue weighted by Crippen LogP contribution is 2.41. The van der Waals surface area contributed by atoms with E-state index in [1.807, 2.05) is 66.7 Å². The van der Waals surface area contributed by atoms with E-state index in [0.29, 0.717) is 11.7 Å². The Morgan fingerprint density at radius 3 is 2.42 bits per heavy atom. The van der Waals surface area contributed by atoms with E-state index < -0.39 is 0 Å². The monoisotopic (exact) mass is 444 g/mol. The molecule has 1 aliphatic heterocycles. The molecule has 1 aliphatic rings. The van der Waals surface area contributed by atoms with Gasteiger partial charge in [0.15, 0.2) is 10.2 Å².